The summed E-state index contributed by atoms with van der Waals surface area (Å²) in [6.45, 7) is 0. The second kappa shape index (κ2) is 12.9. The van der Waals surface area contributed by atoms with Crippen LogP contribution in [0.5, 0.6) is 0 Å². The largest absolute Gasteiger partial charge is 0.456 e. The van der Waals surface area contributed by atoms with Crippen LogP contribution >= 0.6 is 0 Å². The van der Waals surface area contributed by atoms with E-state index < -0.39 is 0 Å². The normalized spacial score (nSPS) is 12.1. The van der Waals surface area contributed by atoms with Gasteiger partial charge in [-0.15, -0.1) is 0 Å². The standard InChI is InChI=1S/C57H32N4O2/c1-2-14-35-30-37(25-24-33(35)12-1)55-58-56(38-26-28-43-41-18-7-9-22-48(41)62-50(43)32-38)60-57(59-55)61-47-29-27-34-13-3-5-16-39(34)51(47)44-20-11-21-45(53(44)61)52-40-17-6-4-15-36(40)31-46-42-19-8-10-23-49(42)63-54(46)52/h1-32H. The van der Waals surface area contributed by atoms with Crippen LogP contribution in [0.3, 0.4) is 0 Å². The van der Waals surface area contributed by atoms with E-state index in [4.69, 9.17) is 23.8 Å². The molecule has 6 nitrogen and oxygen atoms in total. The highest BCUT2D eigenvalue weighted by Crippen LogP contribution is 2.47. The van der Waals surface area contributed by atoms with Gasteiger partial charge >= 0.3 is 0 Å². The van der Waals surface area contributed by atoms with Crippen LogP contribution in [-0.2, 0) is 0 Å². The number of rotatable bonds is 4. The van der Waals surface area contributed by atoms with Crippen LogP contribution in [0, 0.1) is 0 Å². The van der Waals surface area contributed by atoms with E-state index in [1.54, 1.807) is 0 Å². The SMILES string of the molecule is c1ccc2cc(-c3nc(-c4ccc5c(c4)oc4ccccc45)nc(-n4c5ccc6ccccc6c5c5cccc(-c6c7ccccc7cc7c6oc6ccccc67)c54)n3)ccc2c1. The quantitative estimate of drug-likeness (QED) is 0.177. The van der Waals surface area contributed by atoms with Crippen molar-refractivity contribution in [3.05, 3.63) is 194 Å². The van der Waals surface area contributed by atoms with E-state index in [9.17, 15) is 0 Å². The van der Waals surface area contributed by atoms with Gasteiger partial charge in [0.2, 0.25) is 5.95 Å². The summed E-state index contributed by atoms with van der Waals surface area (Å²) in [5.74, 6) is 1.63. The minimum absolute atomic E-state index is 0.511. The van der Waals surface area contributed by atoms with Crippen LogP contribution in [0.1, 0.15) is 0 Å². The van der Waals surface area contributed by atoms with E-state index in [0.717, 1.165) is 120 Å². The molecule has 292 valence electrons. The molecule has 0 aliphatic rings. The molecule has 0 aliphatic heterocycles. The first-order valence-electron chi connectivity index (χ1n) is 21.2. The molecular weight excluding hydrogens is 773 g/mol. The summed E-state index contributed by atoms with van der Waals surface area (Å²) in [7, 11) is 0. The molecule has 14 aromatic rings. The highest BCUT2D eigenvalue weighted by Gasteiger charge is 2.25. The van der Waals surface area contributed by atoms with Crippen molar-refractivity contribution in [3.8, 4) is 39.9 Å². The topological polar surface area (TPSA) is 69.9 Å². The van der Waals surface area contributed by atoms with E-state index in [0.29, 0.717) is 17.6 Å². The molecule has 0 saturated heterocycles. The lowest BCUT2D eigenvalue weighted by molar-refractivity contribution is 0.669. The molecule has 4 aromatic heterocycles. The van der Waals surface area contributed by atoms with E-state index in [2.05, 4.69) is 174 Å². The van der Waals surface area contributed by atoms with Crippen molar-refractivity contribution in [2.45, 2.75) is 0 Å². The number of hydrogen-bond acceptors (Lipinski definition) is 5. The van der Waals surface area contributed by atoms with Gasteiger partial charge < -0.3 is 8.83 Å². The summed E-state index contributed by atoms with van der Waals surface area (Å²) in [5.41, 5.74) is 9.06. The Morgan fingerprint density at radius 2 is 0.968 bits per heavy atom. The third kappa shape index (κ3) is 5.03. The second-order valence-electron chi connectivity index (χ2n) is 16.3. The van der Waals surface area contributed by atoms with Gasteiger partial charge in [0, 0.05) is 54.6 Å². The smallest absolute Gasteiger partial charge is 0.238 e. The summed E-state index contributed by atoms with van der Waals surface area (Å²) >= 11 is 0. The molecule has 0 radical (unpaired) electrons. The lowest BCUT2D eigenvalue weighted by Crippen LogP contribution is -2.07. The Morgan fingerprint density at radius 3 is 1.79 bits per heavy atom. The average Bonchev–Trinajstić information content (AvgIpc) is 4.02. The zero-order valence-electron chi connectivity index (χ0n) is 33.6. The highest BCUT2D eigenvalue weighted by molar-refractivity contribution is 6.26. The Bertz CT molecular complexity index is 4230. The molecule has 10 aromatic carbocycles. The predicted octanol–water partition coefficient (Wildman–Crippen LogP) is 15.2. The Morgan fingerprint density at radius 1 is 0.365 bits per heavy atom. The number of nitrogens with zero attached hydrogens (tertiary/aromatic N) is 4. The second-order valence-corrected chi connectivity index (χ2v) is 16.3. The lowest BCUT2D eigenvalue weighted by Gasteiger charge is -2.14. The van der Waals surface area contributed by atoms with Gasteiger partial charge in [-0.05, 0) is 74.8 Å². The van der Waals surface area contributed by atoms with Gasteiger partial charge in [-0.25, -0.2) is 4.98 Å². The van der Waals surface area contributed by atoms with Crippen molar-refractivity contribution in [3.63, 3.8) is 0 Å². The van der Waals surface area contributed by atoms with Crippen molar-refractivity contribution >= 4 is 98.0 Å². The maximum absolute atomic E-state index is 6.87. The molecule has 4 heterocycles. The number of fused-ring (bicyclic) bond motifs is 13. The maximum atomic E-state index is 6.87. The molecule has 0 bridgehead atoms. The molecule has 14 rings (SSSR count). The van der Waals surface area contributed by atoms with Crippen LogP contribution in [-0.4, -0.2) is 19.5 Å². The summed E-state index contributed by atoms with van der Waals surface area (Å²) in [4.78, 5) is 16.1. The van der Waals surface area contributed by atoms with E-state index >= 15 is 0 Å². The number of para-hydroxylation sites is 3. The summed E-state index contributed by atoms with van der Waals surface area (Å²) in [6, 6.07) is 68.0. The van der Waals surface area contributed by atoms with Gasteiger partial charge in [0.25, 0.3) is 0 Å². The van der Waals surface area contributed by atoms with Crippen molar-refractivity contribution in [1.29, 1.82) is 0 Å². The van der Waals surface area contributed by atoms with Gasteiger partial charge in [-0.3, -0.25) is 4.57 Å². The molecule has 0 saturated carbocycles. The van der Waals surface area contributed by atoms with Crippen LogP contribution in [0.4, 0.5) is 0 Å². The number of benzene rings is 10. The summed E-state index contributed by atoms with van der Waals surface area (Å²) in [6.07, 6.45) is 0. The molecule has 6 heteroatoms. The summed E-state index contributed by atoms with van der Waals surface area (Å²) in [5, 5.41) is 13.3. The van der Waals surface area contributed by atoms with Crippen molar-refractivity contribution in [1.82, 2.24) is 19.5 Å². The molecule has 0 aliphatic carbocycles. The van der Waals surface area contributed by atoms with Gasteiger partial charge in [0.15, 0.2) is 11.6 Å². The predicted molar refractivity (Wildman–Crippen MR) is 258 cm³/mol. The first-order valence-corrected chi connectivity index (χ1v) is 21.2. The first-order chi connectivity index (χ1) is 31.2. The molecule has 0 unspecified atom stereocenters. The van der Waals surface area contributed by atoms with Gasteiger partial charge in [-0.1, -0.05) is 152 Å². The van der Waals surface area contributed by atoms with Gasteiger partial charge in [0.1, 0.15) is 22.3 Å². The Labute approximate surface area is 358 Å². The molecule has 0 amide bonds. The number of furan rings is 2. The van der Waals surface area contributed by atoms with Crippen LogP contribution < -0.4 is 0 Å². The zero-order chi connectivity index (χ0) is 41.2. The van der Waals surface area contributed by atoms with E-state index in [-0.39, 0.29) is 0 Å². The minimum atomic E-state index is 0.511. The van der Waals surface area contributed by atoms with Crippen molar-refractivity contribution in [2.24, 2.45) is 0 Å². The third-order valence-electron chi connectivity index (χ3n) is 12.8. The maximum Gasteiger partial charge on any atom is 0.238 e. The molecule has 0 N–H and O–H groups in total. The third-order valence-corrected chi connectivity index (χ3v) is 12.8. The Kier molecular flexibility index (Phi) is 7.02. The average molecular weight is 805 g/mol. The van der Waals surface area contributed by atoms with Crippen molar-refractivity contribution in [2.75, 3.05) is 0 Å². The fourth-order valence-corrected chi connectivity index (χ4v) is 9.95. The molecule has 0 fully saturated rings. The van der Waals surface area contributed by atoms with Crippen molar-refractivity contribution < 1.29 is 8.83 Å². The van der Waals surface area contributed by atoms with Crippen LogP contribution in [0.2, 0.25) is 0 Å². The number of aromatic nitrogens is 4. The van der Waals surface area contributed by atoms with E-state index in [1.807, 2.05) is 24.3 Å². The zero-order valence-corrected chi connectivity index (χ0v) is 33.6. The Hall–Kier alpha value is -8.61. The first kappa shape index (κ1) is 34.1. The molecule has 0 atom stereocenters. The fraction of sp³-hybridized carbons (Fsp3) is 0. The number of hydrogen-bond donors (Lipinski definition) is 0. The van der Waals surface area contributed by atoms with Gasteiger partial charge in [-0.2, -0.15) is 9.97 Å². The molecule has 0 spiro atoms. The summed E-state index contributed by atoms with van der Waals surface area (Å²) < 4.78 is 15.5. The van der Waals surface area contributed by atoms with Crippen LogP contribution in [0.25, 0.3) is 138 Å². The monoisotopic (exact) mass is 804 g/mol. The molecular formula is C57H32N4O2. The molecule has 63 heavy (non-hydrogen) atoms. The Balaban J connectivity index is 1.13. The van der Waals surface area contributed by atoms with Crippen LogP contribution in [0.15, 0.2) is 203 Å². The lowest BCUT2D eigenvalue weighted by atomic mass is 9.93. The highest BCUT2D eigenvalue weighted by atomic mass is 16.3. The minimum Gasteiger partial charge on any atom is -0.456 e. The fourth-order valence-electron chi connectivity index (χ4n) is 9.95. The van der Waals surface area contributed by atoms with Gasteiger partial charge in [0.05, 0.1) is 11.0 Å². The van der Waals surface area contributed by atoms with E-state index in [1.165, 1.54) is 0 Å².